The summed E-state index contributed by atoms with van der Waals surface area (Å²) < 4.78 is 5.49. The molecule has 0 aliphatic carbocycles. The number of rotatable bonds is 7. The predicted molar refractivity (Wildman–Crippen MR) is 83.2 cm³/mol. The molecule has 0 bridgehead atoms. The van der Waals surface area contributed by atoms with E-state index in [0.29, 0.717) is 12.2 Å². The number of nitrogens with zero attached hydrogens (tertiary/aromatic N) is 1. The number of carbonyl (C=O) groups excluding carboxylic acids is 1. The predicted octanol–water partition coefficient (Wildman–Crippen LogP) is 3.65. The minimum absolute atomic E-state index is 0.160. The fourth-order valence-corrected chi connectivity index (χ4v) is 1.79. The van der Waals surface area contributed by atoms with Gasteiger partial charge in [0, 0.05) is 18.5 Å². The third-order valence-electron chi connectivity index (χ3n) is 3.01. The lowest BCUT2D eigenvalue weighted by Crippen LogP contribution is -2.12. The first-order valence-electron chi connectivity index (χ1n) is 7.18. The third kappa shape index (κ3) is 5.00. The lowest BCUT2D eigenvalue weighted by molar-refractivity contribution is 0.102. The van der Waals surface area contributed by atoms with E-state index in [4.69, 9.17) is 4.74 Å². The van der Waals surface area contributed by atoms with Crippen LogP contribution in [0, 0.1) is 0 Å². The molecule has 2 aromatic rings. The molecular formula is C17H20N2O2. The van der Waals surface area contributed by atoms with Crippen LogP contribution in [-0.2, 0) is 11.3 Å². The molecule has 1 heterocycles. The number of pyridine rings is 1. The second-order valence-corrected chi connectivity index (χ2v) is 4.76. The number of unbranched alkanes of at least 4 members (excludes halogenated alkanes) is 1. The quantitative estimate of drug-likeness (QED) is 0.790. The first-order valence-corrected chi connectivity index (χ1v) is 7.18. The van der Waals surface area contributed by atoms with Gasteiger partial charge in [0.25, 0.3) is 5.91 Å². The number of anilines is 1. The highest BCUT2D eigenvalue weighted by molar-refractivity contribution is 6.03. The Morgan fingerprint density at radius 1 is 1.19 bits per heavy atom. The molecule has 1 amide bonds. The van der Waals surface area contributed by atoms with Crippen molar-refractivity contribution in [1.29, 1.82) is 0 Å². The van der Waals surface area contributed by atoms with Crippen LogP contribution in [0.1, 0.15) is 35.8 Å². The number of hydrogen-bond acceptors (Lipinski definition) is 3. The molecule has 0 radical (unpaired) electrons. The molecule has 0 unspecified atom stereocenters. The van der Waals surface area contributed by atoms with Crippen molar-refractivity contribution in [2.24, 2.45) is 0 Å². The fourth-order valence-electron chi connectivity index (χ4n) is 1.79. The fraction of sp³-hybridized carbons (Fsp3) is 0.294. The van der Waals surface area contributed by atoms with Gasteiger partial charge in [0.1, 0.15) is 0 Å². The maximum atomic E-state index is 12.0. The first kappa shape index (κ1) is 15.2. The SMILES string of the molecule is CCCCOCc1ccc(C(=O)Nc2ccccc2)cn1. The number of benzene rings is 1. The molecule has 1 aromatic carbocycles. The third-order valence-corrected chi connectivity index (χ3v) is 3.01. The molecule has 2 rings (SSSR count). The van der Waals surface area contributed by atoms with Gasteiger partial charge in [0.05, 0.1) is 17.9 Å². The van der Waals surface area contributed by atoms with Crippen LogP contribution in [0.5, 0.6) is 0 Å². The van der Waals surface area contributed by atoms with E-state index in [1.807, 2.05) is 36.4 Å². The van der Waals surface area contributed by atoms with E-state index in [0.717, 1.165) is 30.8 Å². The summed E-state index contributed by atoms with van der Waals surface area (Å²) in [6.07, 6.45) is 3.75. The van der Waals surface area contributed by atoms with Gasteiger partial charge in [-0.05, 0) is 30.7 Å². The number of amides is 1. The summed E-state index contributed by atoms with van der Waals surface area (Å²) in [5.74, 6) is -0.160. The topological polar surface area (TPSA) is 51.2 Å². The summed E-state index contributed by atoms with van der Waals surface area (Å²) in [5, 5.41) is 2.83. The van der Waals surface area contributed by atoms with E-state index < -0.39 is 0 Å². The van der Waals surface area contributed by atoms with E-state index in [1.165, 1.54) is 0 Å². The minimum atomic E-state index is -0.160. The maximum absolute atomic E-state index is 12.0. The van der Waals surface area contributed by atoms with Gasteiger partial charge in [-0.3, -0.25) is 9.78 Å². The number of hydrogen-bond donors (Lipinski definition) is 1. The smallest absolute Gasteiger partial charge is 0.257 e. The van der Waals surface area contributed by atoms with Crippen molar-refractivity contribution in [3.05, 3.63) is 59.9 Å². The standard InChI is InChI=1S/C17H20N2O2/c1-2-3-11-21-13-16-10-9-14(12-18-16)17(20)19-15-7-5-4-6-8-15/h4-10,12H,2-3,11,13H2,1H3,(H,19,20). The van der Waals surface area contributed by atoms with Crippen LogP contribution in [0.15, 0.2) is 48.7 Å². The second kappa shape index (κ2) is 8.17. The lowest BCUT2D eigenvalue weighted by Gasteiger charge is -2.06. The highest BCUT2D eigenvalue weighted by atomic mass is 16.5. The van der Waals surface area contributed by atoms with Gasteiger partial charge in [-0.1, -0.05) is 31.5 Å². The summed E-state index contributed by atoms with van der Waals surface area (Å²) in [5.41, 5.74) is 2.15. The average molecular weight is 284 g/mol. The Kier molecular flexibility index (Phi) is 5.91. The Morgan fingerprint density at radius 3 is 2.67 bits per heavy atom. The van der Waals surface area contributed by atoms with Crippen LogP contribution >= 0.6 is 0 Å². The number of aromatic nitrogens is 1. The van der Waals surface area contributed by atoms with Crippen LogP contribution < -0.4 is 5.32 Å². The van der Waals surface area contributed by atoms with E-state index in [1.54, 1.807) is 12.3 Å². The van der Waals surface area contributed by atoms with Gasteiger partial charge in [-0.25, -0.2) is 0 Å². The van der Waals surface area contributed by atoms with Gasteiger partial charge >= 0.3 is 0 Å². The van der Waals surface area contributed by atoms with Gasteiger partial charge in [-0.2, -0.15) is 0 Å². The second-order valence-electron chi connectivity index (χ2n) is 4.76. The normalized spacial score (nSPS) is 10.3. The molecule has 1 N–H and O–H groups in total. The van der Waals surface area contributed by atoms with Crippen LogP contribution in [0.25, 0.3) is 0 Å². The monoisotopic (exact) mass is 284 g/mol. The molecular weight excluding hydrogens is 264 g/mol. The maximum Gasteiger partial charge on any atom is 0.257 e. The molecule has 4 nitrogen and oxygen atoms in total. The van der Waals surface area contributed by atoms with Gasteiger partial charge in [-0.15, -0.1) is 0 Å². The molecule has 110 valence electrons. The Labute approximate surface area is 125 Å². The van der Waals surface area contributed by atoms with Crippen molar-refractivity contribution in [2.45, 2.75) is 26.4 Å². The molecule has 0 aliphatic heterocycles. The molecule has 4 heteroatoms. The zero-order chi connectivity index (χ0) is 14.9. The van der Waals surface area contributed by atoms with Crippen LogP contribution in [0.3, 0.4) is 0 Å². The van der Waals surface area contributed by atoms with E-state index in [9.17, 15) is 4.79 Å². The summed E-state index contributed by atoms with van der Waals surface area (Å²) in [4.78, 5) is 16.3. The highest BCUT2D eigenvalue weighted by Crippen LogP contribution is 2.09. The largest absolute Gasteiger partial charge is 0.375 e. The van der Waals surface area contributed by atoms with Crippen molar-refractivity contribution in [2.75, 3.05) is 11.9 Å². The number of para-hydroxylation sites is 1. The number of nitrogens with one attached hydrogen (secondary N) is 1. The van der Waals surface area contributed by atoms with Crippen molar-refractivity contribution < 1.29 is 9.53 Å². The van der Waals surface area contributed by atoms with Crippen molar-refractivity contribution in [3.8, 4) is 0 Å². The molecule has 0 atom stereocenters. The van der Waals surface area contributed by atoms with E-state index >= 15 is 0 Å². The Hall–Kier alpha value is -2.20. The number of carbonyl (C=O) groups is 1. The molecule has 0 fully saturated rings. The number of ether oxygens (including phenoxy) is 1. The van der Waals surface area contributed by atoms with Crippen molar-refractivity contribution >= 4 is 11.6 Å². The summed E-state index contributed by atoms with van der Waals surface area (Å²) in [7, 11) is 0. The van der Waals surface area contributed by atoms with E-state index in [-0.39, 0.29) is 5.91 Å². The molecule has 1 aromatic heterocycles. The zero-order valence-corrected chi connectivity index (χ0v) is 12.2. The van der Waals surface area contributed by atoms with Gasteiger partial charge < -0.3 is 10.1 Å². The summed E-state index contributed by atoms with van der Waals surface area (Å²) in [6, 6.07) is 13.0. The molecule has 0 saturated heterocycles. The summed E-state index contributed by atoms with van der Waals surface area (Å²) >= 11 is 0. The Bertz CT molecular complexity index is 553. The highest BCUT2D eigenvalue weighted by Gasteiger charge is 2.06. The average Bonchev–Trinajstić information content (AvgIpc) is 2.53. The van der Waals surface area contributed by atoms with Crippen LogP contribution in [0.2, 0.25) is 0 Å². The molecule has 21 heavy (non-hydrogen) atoms. The van der Waals surface area contributed by atoms with Crippen molar-refractivity contribution in [1.82, 2.24) is 4.98 Å². The first-order chi connectivity index (χ1) is 10.3. The minimum Gasteiger partial charge on any atom is -0.375 e. The van der Waals surface area contributed by atoms with Gasteiger partial charge in [0.2, 0.25) is 0 Å². The van der Waals surface area contributed by atoms with E-state index in [2.05, 4.69) is 17.2 Å². The van der Waals surface area contributed by atoms with Crippen molar-refractivity contribution in [3.63, 3.8) is 0 Å². The Balaban J connectivity index is 1.88. The lowest BCUT2D eigenvalue weighted by atomic mass is 10.2. The van der Waals surface area contributed by atoms with Crippen LogP contribution in [-0.4, -0.2) is 17.5 Å². The molecule has 0 saturated carbocycles. The zero-order valence-electron chi connectivity index (χ0n) is 12.2. The molecule has 0 spiro atoms. The van der Waals surface area contributed by atoms with Crippen LogP contribution in [0.4, 0.5) is 5.69 Å². The molecule has 0 aliphatic rings. The Morgan fingerprint density at radius 2 is 2.00 bits per heavy atom. The van der Waals surface area contributed by atoms with Gasteiger partial charge in [0.15, 0.2) is 0 Å². The summed E-state index contributed by atoms with van der Waals surface area (Å²) in [6.45, 7) is 3.36.